The predicted octanol–water partition coefficient (Wildman–Crippen LogP) is 28.8. The van der Waals surface area contributed by atoms with Gasteiger partial charge in [-0.1, -0.05) is 382 Å². The highest BCUT2D eigenvalue weighted by Crippen LogP contribution is 2.65. The van der Waals surface area contributed by atoms with Gasteiger partial charge in [0.2, 0.25) is 0 Å². The normalized spacial score (nSPS) is 12.9. The zero-order chi connectivity index (χ0) is 84.4. The summed E-state index contributed by atoms with van der Waals surface area (Å²) in [4.78, 5) is 40.6. The van der Waals surface area contributed by atoms with Crippen LogP contribution in [0.5, 0.6) is 23.0 Å². The topological polar surface area (TPSA) is 122 Å². The quantitative estimate of drug-likeness (QED) is 0.122. The third-order valence-corrected chi connectivity index (χ3v) is 26.0. The Kier molecular flexibility index (Phi) is 17.2. The summed E-state index contributed by atoms with van der Waals surface area (Å²) in [6.07, 6.45) is 0. The summed E-state index contributed by atoms with van der Waals surface area (Å²) in [7, 11) is 0. The fourth-order valence-corrected chi connectivity index (χ4v) is 20.2. The van der Waals surface area contributed by atoms with Crippen molar-refractivity contribution in [1.29, 1.82) is 0 Å². The van der Waals surface area contributed by atoms with Gasteiger partial charge in [0.15, 0.2) is 34.9 Å². The largest absolute Gasteiger partial charge is 0.457 e. The Labute approximate surface area is 738 Å². The number of fused-ring (bicyclic) bond motifs is 24. The summed E-state index contributed by atoms with van der Waals surface area (Å²) >= 11 is 0. The van der Waals surface area contributed by atoms with E-state index in [0.29, 0.717) is 34.9 Å². The number of benzene rings is 18. The van der Waals surface area contributed by atoms with E-state index in [1.54, 1.807) is 0 Å². The fraction of sp³-hybridized carbons (Fsp3) is 0.0169. The molecule has 0 bridgehead atoms. The molecule has 0 unspecified atom stereocenters. The maximum atomic E-state index is 6.96. The summed E-state index contributed by atoms with van der Waals surface area (Å²) < 4.78 is 13.9. The molecule has 128 heavy (non-hydrogen) atoms. The summed E-state index contributed by atoms with van der Waals surface area (Å²) in [5, 5.41) is 6.54. The lowest BCUT2D eigenvalue weighted by Gasteiger charge is -2.39. The Balaban J connectivity index is 0.000000139. The molecule has 2 aliphatic carbocycles. The van der Waals surface area contributed by atoms with Gasteiger partial charge in [0, 0.05) is 88.3 Å². The van der Waals surface area contributed by atoms with E-state index in [0.717, 1.165) is 167 Å². The molecule has 4 aliphatic rings. The summed E-state index contributed by atoms with van der Waals surface area (Å²) in [6, 6.07) is 153. The second-order valence-electron chi connectivity index (χ2n) is 33.0. The lowest BCUT2D eigenvalue weighted by molar-refractivity contribution is 0.437. The maximum absolute atomic E-state index is 6.96. The Hall–Kier alpha value is -17.1. The number of ether oxygens (including phenoxy) is 2. The van der Waals surface area contributed by atoms with Crippen LogP contribution < -0.4 is 9.47 Å². The van der Waals surface area contributed by atoms with Crippen LogP contribution in [0.1, 0.15) is 44.5 Å². The molecule has 6 heterocycles. The average Bonchev–Trinajstić information content (AvgIpc) is 1.49. The third-order valence-electron chi connectivity index (χ3n) is 26.0. The first-order valence-corrected chi connectivity index (χ1v) is 43.3. The molecule has 0 amide bonds. The van der Waals surface area contributed by atoms with Gasteiger partial charge in [0.05, 0.1) is 33.3 Å². The van der Waals surface area contributed by atoms with Crippen LogP contribution in [-0.4, -0.2) is 39.9 Å². The maximum Gasteiger partial charge on any atom is 0.164 e. The Bertz CT molecular complexity index is 8090. The van der Waals surface area contributed by atoms with Crippen LogP contribution in [-0.2, 0) is 10.8 Å². The van der Waals surface area contributed by atoms with Gasteiger partial charge in [0.25, 0.3) is 0 Å². The van der Waals surface area contributed by atoms with Gasteiger partial charge in [-0.15, -0.1) is 0 Å². The number of para-hydroxylation sites is 4. The highest BCUT2D eigenvalue weighted by atomic mass is 16.5. The minimum absolute atomic E-state index is 0.550. The second-order valence-corrected chi connectivity index (χ2v) is 33.0. The lowest BCUT2D eigenvalue weighted by Crippen LogP contribution is -2.32. The number of nitrogens with zero attached hydrogens (tertiary/aromatic N) is 8. The zero-order valence-electron chi connectivity index (χ0n) is 69.0. The van der Waals surface area contributed by atoms with Gasteiger partial charge in [0.1, 0.15) is 23.0 Å². The summed E-state index contributed by atoms with van der Waals surface area (Å²) in [5.74, 6) is 7.15. The molecule has 0 saturated heterocycles. The molecule has 0 N–H and O–H groups in total. The van der Waals surface area contributed by atoms with Gasteiger partial charge in [-0.25, -0.2) is 39.9 Å². The molecule has 596 valence electrons. The molecular formula is C118H72N8O2. The smallest absolute Gasteiger partial charge is 0.164 e. The van der Waals surface area contributed by atoms with Crippen molar-refractivity contribution in [2.24, 2.45) is 0 Å². The van der Waals surface area contributed by atoms with Crippen molar-refractivity contribution in [1.82, 2.24) is 39.9 Å². The van der Waals surface area contributed by atoms with Crippen LogP contribution in [0.4, 0.5) is 0 Å². The van der Waals surface area contributed by atoms with Crippen molar-refractivity contribution in [2.45, 2.75) is 10.8 Å². The minimum atomic E-state index is -0.567. The van der Waals surface area contributed by atoms with E-state index in [2.05, 4.69) is 340 Å². The monoisotopic (exact) mass is 1630 g/mol. The van der Waals surface area contributed by atoms with E-state index in [9.17, 15) is 0 Å². The molecule has 2 spiro atoms. The number of aromatic nitrogens is 8. The SMILES string of the molecule is c1ccc(-c2cccc(-c3nc(-c4ccccc4)nc(-c4ccc(-c5nc6ccccc6c6cc7c(cc56)Oc5ccccc5C75c6ccccc6-c6ccccc65)cc4)n3)c2)cc1.c1ccc(-c2nc(-c3ccccc3)nc(-c3ccc(-c4ccc(-c5nc6ccccc6c6cc7c(cc56)Oc5ccccc5C75c6ccccc6-c6ccccc65)cc4)cc3)n2)cc1. The number of hydrogen-bond donors (Lipinski definition) is 0. The van der Waals surface area contributed by atoms with Crippen molar-refractivity contribution < 1.29 is 9.47 Å². The average molecular weight is 1630 g/mol. The van der Waals surface area contributed by atoms with E-state index in [1.165, 1.54) is 44.5 Å². The van der Waals surface area contributed by atoms with Crippen LogP contribution in [0.15, 0.2) is 437 Å². The van der Waals surface area contributed by atoms with Crippen LogP contribution in [0.2, 0.25) is 0 Å². The van der Waals surface area contributed by atoms with Gasteiger partial charge >= 0.3 is 0 Å². The first kappa shape index (κ1) is 73.6. The van der Waals surface area contributed by atoms with Gasteiger partial charge in [-0.3, -0.25) is 0 Å². The molecule has 18 aromatic carbocycles. The van der Waals surface area contributed by atoms with Gasteiger partial charge in [-0.2, -0.15) is 0 Å². The van der Waals surface area contributed by atoms with E-state index < -0.39 is 10.8 Å². The highest BCUT2D eigenvalue weighted by Gasteiger charge is 2.53. The highest BCUT2D eigenvalue weighted by molar-refractivity contribution is 6.14. The summed E-state index contributed by atoms with van der Waals surface area (Å²) in [5.41, 5.74) is 29.2. The van der Waals surface area contributed by atoms with Crippen molar-refractivity contribution in [3.63, 3.8) is 0 Å². The van der Waals surface area contributed by atoms with E-state index >= 15 is 0 Å². The first-order valence-electron chi connectivity index (χ1n) is 43.3. The second kappa shape index (κ2) is 29.9. The standard InChI is InChI=1S/2C59H36N4O/c1-3-16-37(17-4-1)41-20-15-21-42(34-41)58-62-56(39-18-5-2-6-19-39)61-57(63-58)40-32-30-38(31-33-40)55-47-36-54-51(35-46(47)45-24-9-13-28-52(45)60-55)59(50-27-12-14-29-53(50)64-54)48-25-10-7-22-43(48)44-23-8-11-26-49(44)59;1-3-15-40(16-4-1)56-61-57(41-17-5-2-6-18-41)63-58(62-56)42-33-29-38(30-34-42)37-27-31-39(32-28-37)55-47-36-54-51(35-46(47)45-21-9-13-25-52(45)60-55)59(50-24-12-14-26-53(50)64-54)48-22-10-7-19-43(48)44-20-8-11-23-49(44)59/h2*1-36H. The fourth-order valence-electron chi connectivity index (χ4n) is 20.2. The lowest BCUT2D eigenvalue weighted by atomic mass is 9.65. The zero-order valence-corrected chi connectivity index (χ0v) is 69.0. The van der Waals surface area contributed by atoms with Crippen LogP contribution >= 0.6 is 0 Å². The van der Waals surface area contributed by atoms with Crippen molar-refractivity contribution in [3.05, 3.63) is 481 Å². The molecule has 26 rings (SSSR count). The molecule has 10 nitrogen and oxygen atoms in total. The van der Waals surface area contributed by atoms with Crippen LogP contribution in [0.3, 0.4) is 0 Å². The molecule has 0 saturated carbocycles. The number of hydrogen-bond acceptors (Lipinski definition) is 10. The van der Waals surface area contributed by atoms with Crippen LogP contribution in [0, 0.1) is 0 Å². The predicted molar refractivity (Wildman–Crippen MR) is 514 cm³/mol. The summed E-state index contributed by atoms with van der Waals surface area (Å²) in [6.45, 7) is 0. The Morgan fingerprint density at radius 2 is 0.414 bits per heavy atom. The number of rotatable bonds is 10. The molecule has 0 atom stereocenters. The number of pyridine rings is 2. The van der Waals surface area contributed by atoms with Crippen LogP contribution in [0.25, 0.3) is 179 Å². The molecule has 10 heteroatoms. The van der Waals surface area contributed by atoms with E-state index in [4.69, 9.17) is 49.3 Å². The molecule has 4 aromatic heterocycles. The molecule has 0 fully saturated rings. The molecule has 2 aliphatic heterocycles. The van der Waals surface area contributed by atoms with Gasteiger partial charge < -0.3 is 9.47 Å². The minimum Gasteiger partial charge on any atom is -0.457 e. The van der Waals surface area contributed by atoms with E-state index in [-0.39, 0.29) is 0 Å². The Morgan fingerprint density at radius 1 is 0.148 bits per heavy atom. The van der Waals surface area contributed by atoms with Gasteiger partial charge in [-0.05, 0) is 132 Å². The third kappa shape index (κ3) is 11.9. The molecule has 22 aromatic rings. The van der Waals surface area contributed by atoms with Crippen molar-refractivity contribution in [2.75, 3.05) is 0 Å². The first-order chi connectivity index (χ1) is 63.4. The molecule has 0 radical (unpaired) electrons. The van der Waals surface area contributed by atoms with Crippen molar-refractivity contribution >= 4 is 43.4 Å². The van der Waals surface area contributed by atoms with Crippen molar-refractivity contribution in [3.8, 4) is 158 Å². The van der Waals surface area contributed by atoms with E-state index in [1.807, 2.05) is 97.1 Å². The Morgan fingerprint density at radius 3 is 0.789 bits per heavy atom. The molecular weight excluding hydrogens is 1560 g/mol.